The summed E-state index contributed by atoms with van der Waals surface area (Å²) in [6.45, 7) is 3.25. The first-order valence-corrected chi connectivity index (χ1v) is 5.13. The molecule has 0 saturated heterocycles. The Labute approximate surface area is 98.8 Å². The predicted octanol–water partition coefficient (Wildman–Crippen LogP) is 1.75. The molecular weight excluding hydrogens is 228 g/mol. The molecule has 0 aliphatic heterocycles. The fraction of sp³-hybridized carbons (Fsp3) is 0.273. The van der Waals surface area contributed by atoms with Gasteiger partial charge in [0.05, 0.1) is 6.54 Å². The van der Waals surface area contributed by atoms with Gasteiger partial charge in [0.2, 0.25) is 5.91 Å². The van der Waals surface area contributed by atoms with Crippen molar-refractivity contribution in [1.82, 2.24) is 0 Å². The van der Waals surface area contributed by atoms with Crippen LogP contribution in [0.1, 0.15) is 22.8 Å². The minimum Gasteiger partial charge on any atom is -0.376 e. The molecule has 1 amide bonds. The molecule has 0 saturated carbocycles. The van der Waals surface area contributed by atoms with E-state index in [1.165, 1.54) is 6.92 Å². The lowest BCUT2D eigenvalue weighted by molar-refractivity contribution is -0.116. The van der Waals surface area contributed by atoms with Crippen molar-refractivity contribution in [3.05, 3.63) is 28.3 Å². The summed E-state index contributed by atoms with van der Waals surface area (Å²) in [5, 5.41) is 3.33. The van der Waals surface area contributed by atoms with Gasteiger partial charge in [-0.2, -0.15) is 0 Å². The molecule has 86 valence electrons. The lowest BCUT2D eigenvalue weighted by Gasteiger charge is -2.11. The number of Topliss-reactive ketones (excluding diaryl/α,β-unsaturated/α-hetero) is 1. The van der Waals surface area contributed by atoms with Crippen molar-refractivity contribution in [2.45, 2.75) is 13.8 Å². The Morgan fingerprint density at radius 1 is 1.44 bits per heavy atom. The normalized spacial score (nSPS) is 9.94. The van der Waals surface area contributed by atoms with Crippen molar-refractivity contribution in [2.24, 2.45) is 5.73 Å². The number of nitrogens with one attached hydrogen (secondary N) is 1. The third kappa shape index (κ3) is 2.97. The summed E-state index contributed by atoms with van der Waals surface area (Å²) < 4.78 is 0. The van der Waals surface area contributed by atoms with Crippen molar-refractivity contribution in [3.8, 4) is 0 Å². The molecule has 0 unspecified atom stereocenters. The van der Waals surface area contributed by atoms with Crippen LogP contribution in [-0.4, -0.2) is 18.2 Å². The van der Waals surface area contributed by atoms with E-state index < -0.39 is 5.91 Å². The maximum atomic E-state index is 11.4. The van der Waals surface area contributed by atoms with E-state index in [0.29, 0.717) is 16.3 Å². The summed E-state index contributed by atoms with van der Waals surface area (Å²) >= 11 is 5.92. The largest absolute Gasteiger partial charge is 0.376 e. The number of carbonyl (C=O) groups is 2. The quantitative estimate of drug-likeness (QED) is 0.788. The number of aryl methyl sites for hydroxylation is 1. The number of anilines is 1. The highest BCUT2D eigenvalue weighted by Gasteiger charge is 2.10. The van der Waals surface area contributed by atoms with Crippen molar-refractivity contribution in [2.75, 3.05) is 11.9 Å². The molecule has 1 aromatic carbocycles. The second-order valence-electron chi connectivity index (χ2n) is 3.52. The number of halogens is 1. The predicted molar refractivity (Wildman–Crippen MR) is 63.9 cm³/mol. The summed E-state index contributed by atoms with van der Waals surface area (Å²) in [5.74, 6) is -0.601. The molecule has 3 N–H and O–H groups in total. The molecule has 16 heavy (non-hydrogen) atoms. The lowest BCUT2D eigenvalue weighted by Crippen LogP contribution is -2.22. The monoisotopic (exact) mass is 240 g/mol. The Hall–Kier alpha value is -1.55. The average Bonchev–Trinajstić information content (AvgIpc) is 2.18. The summed E-state index contributed by atoms with van der Waals surface area (Å²) in [6.07, 6.45) is 0. The zero-order valence-electron chi connectivity index (χ0n) is 9.13. The van der Waals surface area contributed by atoms with Gasteiger partial charge in [-0.3, -0.25) is 9.59 Å². The van der Waals surface area contributed by atoms with Gasteiger partial charge < -0.3 is 11.1 Å². The molecule has 1 aromatic rings. The molecule has 0 heterocycles. The molecule has 0 radical (unpaired) electrons. The molecule has 0 aliphatic rings. The van der Waals surface area contributed by atoms with Gasteiger partial charge in [-0.15, -0.1) is 0 Å². The second kappa shape index (κ2) is 4.99. The van der Waals surface area contributed by atoms with E-state index in [1.54, 1.807) is 12.1 Å². The van der Waals surface area contributed by atoms with E-state index in [2.05, 4.69) is 5.32 Å². The van der Waals surface area contributed by atoms with Gasteiger partial charge in [-0.05, 0) is 31.5 Å². The van der Waals surface area contributed by atoms with Gasteiger partial charge in [-0.25, -0.2) is 0 Å². The van der Waals surface area contributed by atoms with Crippen LogP contribution in [0.4, 0.5) is 5.69 Å². The zero-order chi connectivity index (χ0) is 12.3. The summed E-state index contributed by atoms with van der Waals surface area (Å²) in [4.78, 5) is 22.0. The molecule has 0 aromatic heterocycles. The molecule has 1 rings (SSSR count). The van der Waals surface area contributed by atoms with Crippen LogP contribution in [0.15, 0.2) is 12.1 Å². The smallest absolute Gasteiger partial charge is 0.236 e. The zero-order valence-corrected chi connectivity index (χ0v) is 9.89. The van der Waals surface area contributed by atoms with Gasteiger partial charge in [-0.1, -0.05) is 11.6 Å². The minimum absolute atomic E-state index is 0.0125. The maximum absolute atomic E-state index is 11.4. The van der Waals surface area contributed by atoms with Crippen LogP contribution in [0.2, 0.25) is 5.02 Å². The van der Waals surface area contributed by atoms with Crippen LogP contribution in [0.25, 0.3) is 0 Å². The fourth-order valence-corrected chi connectivity index (χ4v) is 1.47. The molecule has 0 fully saturated rings. The standard InChI is InChI=1S/C11H13ClN2O2/c1-6-3-10(14-5-11(13)16)8(7(2)15)4-9(6)12/h3-4,14H,5H2,1-2H3,(H2,13,16). The third-order valence-electron chi connectivity index (χ3n) is 2.13. The van der Waals surface area contributed by atoms with Crippen LogP contribution >= 0.6 is 11.6 Å². The summed E-state index contributed by atoms with van der Waals surface area (Å²) in [6, 6.07) is 3.31. The van der Waals surface area contributed by atoms with Crippen LogP contribution in [0, 0.1) is 6.92 Å². The Morgan fingerprint density at radius 2 is 2.06 bits per heavy atom. The van der Waals surface area contributed by atoms with Gasteiger partial charge in [0.1, 0.15) is 0 Å². The number of nitrogens with two attached hydrogens (primary N) is 1. The minimum atomic E-state index is -0.484. The SMILES string of the molecule is CC(=O)c1cc(Cl)c(C)cc1NCC(N)=O. The second-order valence-corrected chi connectivity index (χ2v) is 3.93. The molecule has 0 bridgehead atoms. The molecule has 0 spiro atoms. The Kier molecular flexibility index (Phi) is 3.90. The highest BCUT2D eigenvalue weighted by molar-refractivity contribution is 6.32. The number of amides is 1. The number of ketones is 1. The highest BCUT2D eigenvalue weighted by Crippen LogP contribution is 2.25. The van der Waals surface area contributed by atoms with E-state index in [0.717, 1.165) is 5.56 Å². The van der Waals surface area contributed by atoms with Crippen molar-refractivity contribution in [1.29, 1.82) is 0 Å². The van der Waals surface area contributed by atoms with Crippen molar-refractivity contribution in [3.63, 3.8) is 0 Å². The van der Waals surface area contributed by atoms with E-state index >= 15 is 0 Å². The number of rotatable bonds is 4. The van der Waals surface area contributed by atoms with Gasteiger partial charge in [0, 0.05) is 16.3 Å². The van der Waals surface area contributed by atoms with E-state index in [4.69, 9.17) is 17.3 Å². The summed E-state index contributed by atoms with van der Waals surface area (Å²) in [7, 11) is 0. The maximum Gasteiger partial charge on any atom is 0.236 e. The lowest BCUT2D eigenvalue weighted by atomic mass is 10.1. The van der Waals surface area contributed by atoms with Crippen LogP contribution in [-0.2, 0) is 4.79 Å². The first kappa shape index (κ1) is 12.5. The van der Waals surface area contributed by atoms with E-state index in [1.807, 2.05) is 6.92 Å². The van der Waals surface area contributed by atoms with Gasteiger partial charge >= 0.3 is 0 Å². The van der Waals surface area contributed by atoms with E-state index in [-0.39, 0.29) is 12.3 Å². The van der Waals surface area contributed by atoms with E-state index in [9.17, 15) is 9.59 Å². The number of primary amides is 1. The number of carbonyl (C=O) groups excluding carboxylic acids is 2. The van der Waals surface area contributed by atoms with Crippen LogP contribution in [0.5, 0.6) is 0 Å². The van der Waals surface area contributed by atoms with Crippen molar-refractivity contribution < 1.29 is 9.59 Å². The molecule has 0 atom stereocenters. The van der Waals surface area contributed by atoms with Crippen LogP contribution < -0.4 is 11.1 Å². The Balaban J connectivity index is 3.09. The van der Waals surface area contributed by atoms with Gasteiger partial charge in [0.25, 0.3) is 0 Å². The third-order valence-corrected chi connectivity index (χ3v) is 2.54. The Bertz CT molecular complexity index is 444. The average molecular weight is 241 g/mol. The molecule has 5 heteroatoms. The Morgan fingerprint density at radius 3 is 2.56 bits per heavy atom. The first-order valence-electron chi connectivity index (χ1n) is 4.75. The summed E-state index contributed by atoms with van der Waals surface area (Å²) in [5.41, 5.74) is 6.89. The number of hydrogen-bond acceptors (Lipinski definition) is 3. The van der Waals surface area contributed by atoms with Gasteiger partial charge in [0.15, 0.2) is 5.78 Å². The first-order chi connectivity index (χ1) is 7.41. The van der Waals surface area contributed by atoms with Crippen LogP contribution in [0.3, 0.4) is 0 Å². The molecular formula is C11H13ClN2O2. The highest BCUT2D eigenvalue weighted by atomic mass is 35.5. The van der Waals surface area contributed by atoms with Crippen molar-refractivity contribution >= 4 is 29.0 Å². The number of hydrogen-bond donors (Lipinski definition) is 2. The molecule has 0 aliphatic carbocycles. The fourth-order valence-electron chi connectivity index (χ4n) is 1.30. The number of benzene rings is 1. The topological polar surface area (TPSA) is 72.2 Å². The molecule has 4 nitrogen and oxygen atoms in total.